The van der Waals surface area contributed by atoms with Gasteiger partial charge in [0.05, 0.1) is 39.9 Å². The third-order valence-corrected chi connectivity index (χ3v) is 10.5. The minimum Gasteiger partial charge on any atom is -0.756 e. The zero-order valence-corrected chi connectivity index (χ0v) is 34.5. The van der Waals surface area contributed by atoms with Gasteiger partial charge in [-0.05, 0) is 38.5 Å². The molecular formula is C41H83N2O6P. The van der Waals surface area contributed by atoms with Crippen molar-refractivity contribution in [2.75, 3.05) is 40.9 Å². The summed E-state index contributed by atoms with van der Waals surface area (Å²) in [5, 5.41) is 13.8. The number of aliphatic hydroxyl groups excluding tert-OH is 1. The highest BCUT2D eigenvalue weighted by Gasteiger charge is 2.24. The number of hydrogen-bond donors (Lipinski definition) is 2. The summed E-state index contributed by atoms with van der Waals surface area (Å²) in [6, 6.07) is -0.809. The number of nitrogens with one attached hydrogen (secondary N) is 1. The minimum atomic E-state index is -4.56. The van der Waals surface area contributed by atoms with Gasteiger partial charge in [0.25, 0.3) is 7.82 Å². The number of quaternary nitrogens is 1. The molecule has 0 heterocycles. The van der Waals surface area contributed by atoms with E-state index in [1.54, 1.807) is 0 Å². The van der Waals surface area contributed by atoms with Gasteiger partial charge in [-0.25, -0.2) is 0 Å². The lowest BCUT2D eigenvalue weighted by molar-refractivity contribution is -0.870. The number of hydrogen-bond acceptors (Lipinski definition) is 6. The quantitative estimate of drug-likeness (QED) is 0.0283. The van der Waals surface area contributed by atoms with Crippen molar-refractivity contribution in [3.05, 3.63) is 12.2 Å². The third-order valence-electron chi connectivity index (χ3n) is 9.50. The van der Waals surface area contributed by atoms with Crippen LogP contribution >= 0.6 is 7.82 Å². The highest BCUT2D eigenvalue weighted by molar-refractivity contribution is 7.45. The molecule has 3 atom stereocenters. The van der Waals surface area contributed by atoms with Crippen molar-refractivity contribution < 1.29 is 32.9 Å². The number of phosphoric acid groups is 1. The number of carbonyl (C=O) groups is 1. The molecule has 298 valence electrons. The zero-order valence-electron chi connectivity index (χ0n) is 33.6. The second-order valence-corrected chi connectivity index (χ2v) is 17.1. The predicted octanol–water partition coefficient (Wildman–Crippen LogP) is 10.6. The van der Waals surface area contributed by atoms with E-state index in [1.807, 2.05) is 21.1 Å². The lowest BCUT2D eigenvalue weighted by atomic mass is 10.0. The Hall–Kier alpha value is -0.760. The first-order chi connectivity index (χ1) is 24.0. The van der Waals surface area contributed by atoms with Crippen LogP contribution in [0.2, 0.25) is 0 Å². The number of carbonyl (C=O) groups excluding carboxylic acids is 1. The van der Waals surface area contributed by atoms with Crippen molar-refractivity contribution >= 4 is 13.7 Å². The van der Waals surface area contributed by atoms with Crippen LogP contribution in [0.1, 0.15) is 194 Å². The van der Waals surface area contributed by atoms with Crippen LogP contribution in [0, 0.1) is 0 Å². The van der Waals surface area contributed by atoms with E-state index in [0.29, 0.717) is 23.9 Å². The fraction of sp³-hybridized carbons (Fsp3) is 0.927. The van der Waals surface area contributed by atoms with Crippen molar-refractivity contribution in [1.29, 1.82) is 0 Å². The normalized spacial score (nSPS) is 14.6. The highest BCUT2D eigenvalue weighted by Crippen LogP contribution is 2.38. The molecule has 0 saturated heterocycles. The summed E-state index contributed by atoms with van der Waals surface area (Å²) in [5.74, 6) is -0.174. The van der Waals surface area contributed by atoms with E-state index < -0.39 is 20.0 Å². The van der Waals surface area contributed by atoms with Crippen molar-refractivity contribution in [2.45, 2.75) is 206 Å². The maximum absolute atomic E-state index is 12.8. The molecule has 1 amide bonds. The van der Waals surface area contributed by atoms with E-state index >= 15 is 0 Å². The van der Waals surface area contributed by atoms with Gasteiger partial charge in [0.2, 0.25) is 5.91 Å². The Labute approximate surface area is 310 Å². The van der Waals surface area contributed by atoms with Gasteiger partial charge in [-0.15, -0.1) is 0 Å². The lowest BCUT2D eigenvalue weighted by Gasteiger charge is -2.30. The zero-order chi connectivity index (χ0) is 37.2. The van der Waals surface area contributed by atoms with Gasteiger partial charge in [0, 0.05) is 6.42 Å². The van der Waals surface area contributed by atoms with E-state index in [9.17, 15) is 19.4 Å². The summed E-state index contributed by atoms with van der Waals surface area (Å²) < 4.78 is 23.2. The average Bonchev–Trinajstić information content (AvgIpc) is 3.06. The summed E-state index contributed by atoms with van der Waals surface area (Å²) in [4.78, 5) is 25.2. The molecule has 50 heavy (non-hydrogen) atoms. The van der Waals surface area contributed by atoms with E-state index in [-0.39, 0.29) is 19.1 Å². The van der Waals surface area contributed by atoms with Crippen LogP contribution in [-0.4, -0.2) is 68.5 Å². The number of nitrogens with zero attached hydrogens (tertiary/aromatic N) is 1. The molecule has 0 aliphatic rings. The lowest BCUT2D eigenvalue weighted by Crippen LogP contribution is -2.46. The van der Waals surface area contributed by atoms with Gasteiger partial charge in [0.1, 0.15) is 13.2 Å². The predicted molar refractivity (Wildman–Crippen MR) is 210 cm³/mol. The molecule has 0 radical (unpaired) electrons. The Balaban J connectivity index is 4.44. The number of unbranched alkanes of at least 4 members (excludes halogenated alkanes) is 23. The Kier molecular flexibility index (Phi) is 33.5. The first-order valence-electron chi connectivity index (χ1n) is 21.0. The van der Waals surface area contributed by atoms with Gasteiger partial charge in [-0.1, -0.05) is 161 Å². The Morgan fingerprint density at radius 2 is 1.10 bits per heavy atom. The molecule has 0 saturated carbocycles. The molecule has 8 nitrogen and oxygen atoms in total. The largest absolute Gasteiger partial charge is 0.756 e. The first-order valence-corrected chi connectivity index (χ1v) is 22.5. The molecule has 0 aromatic heterocycles. The van der Waals surface area contributed by atoms with Crippen LogP contribution in [0.4, 0.5) is 0 Å². The SMILES string of the molecule is CCCCCCCCCCC/C=C/CCCC[C@@H](O)[C@H](COP(=O)([O-])OCC[N+](C)(C)C)NC(=O)CCCCCCCCCCCCCCC. The third kappa shape index (κ3) is 35.6. The molecule has 0 aromatic rings. The molecule has 2 N–H and O–H groups in total. The molecule has 0 aliphatic heterocycles. The maximum Gasteiger partial charge on any atom is 0.268 e. The molecule has 1 unspecified atom stereocenters. The standard InChI is InChI=1S/C41H83N2O6P/c1-6-8-10-12-14-16-18-20-21-23-24-26-28-30-32-34-40(44)39(38-49-50(46,47)48-37-36-43(3,4)5)42-41(45)35-33-31-29-27-25-22-19-17-15-13-11-9-7-2/h24,26,39-40,44H,6-23,25,27-38H2,1-5H3,(H-,42,45,46,47)/b26-24+/t39-,40+/m0/s1. The highest BCUT2D eigenvalue weighted by atomic mass is 31.2. The molecule has 0 aromatic carbocycles. The Morgan fingerprint density at radius 1 is 0.680 bits per heavy atom. The van der Waals surface area contributed by atoms with Gasteiger partial charge < -0.3 is 28.8 Å². The van der Waals surface area contributed by atoms with Gasteiger partial charge in [0.15, 0.2) is 0 Å². The number of rotatable bonds is 38. The van der Waals surface area contributed by atoms with Crippen LogP contribution in [0.3, 0.4) is 0 Å². The van der Waals surface area contributed by atoms with E-state index in [0.717, 1.165) is 44.9 Å². The van der Waals surface area contributed by atoms with Gasteiger partial charge in [-0.2, -0.15) is 0 Å². The second-order valence-electron chi connectivity index (χ2n) is 15.7. The van der Waals surface area contributed by atoms with Crippen LogP contribution in [-0.2, 0) is 18.4 Å². The number of likely N-dealkylation sites (N-methyl/N-ethyl adjacent to an activating group) is 1. The summed E-state index contributed by atoms with van der Waals surface area (Å²) >= 11 is 0. The smallest absolute Gasteiger partial charge is 0.268 e. The fourth-order valence-corrected chi connectivity index (χ4v) is 6.81. The van der Waals surface area contributed by atoms with Crippen LogP contribution in [0.25, 0.3) is 0 Å². The summed E-state index contributed by atoms with van der Waals surface area (Å²) in [7, 11) is 1.29. The van der Waals surface area contributed by atoms with Crippen molar-refractivity contribution in [3.63, 3.8) is 0 Å². The van der Waals surface area contributed by atoms with Crippen LogP contribution in [0.5, 0.6) is 0 Å². The summed E-state index contributed by atoms with van der Waals surface area (Å²) in [5.41, 5.74) is 0. The number of phosphoric ester groups is 1. The fourth-order valence-electron chi connectivity index (χ4n) is 6.09. The molecule has 0 fully saturated rings. The second kappa shape index (κ2) is 34.0. The molecule has 9 heteroatoms. The number of aliphatic hydroxyl groups is 1. The maximum atomic E-state index is 12.8. The van der Waals surface area contributed by atoms with E-state index in [4.69, 9.17) is 9.05 Å². The molecular weight excluding hydrogens is 647 g/mol. The Morgan fingerprint density at radius 3 is 1.56 bits per heavy atom. The monoisotopic (exact) mass is 731 g/mol. The van der Waals surface area contributed by atoms with Crippen molar-refractivity contribution in [1.82, 2.24) is 5.32 Å². The summed E-state index contributed by atoms with van der Waals surface area (Å²) in [6.07, 6.45) is 36.4. The molecule has 0 aliphatic carbocycles. The van der Waals surface area contributed by atoms with Gasteiger partial charge in [-0.3, -0.25) is 9.36 Å². The molecule has 0 rings (SSSR count). The van der Waals surface area contributed by atoms with E-state index in [1.165, 1.54) is 122 Å². The van der Waals surface area contributed by atoms with Gasteiger partial charge >= 0.3 is 0 Å². The average molecular weight is 731 g/mol. The molecule has 0 bridgehead atoms. The molecule has 0 spiro atoms. The first kappa shape index (κ1) is 49.2. The minimum absolute atomic E-state index is 0.00947. The van der Waals surface area contributed by atoms with Crippen LogP contribution in [0.15, 0.2) is 12.2 Å². The van der Waals surface area contributed by atoms with Crippen LogP contribution < -0.4 is 10.2 Å². The Bertz CT molecular complexity index is 834. The van der Waals surface area contributed by atoms with E-state index in [2.05, 4.69) is 31.3 Å². The number of amides is 1. The van der Waals surface area contributed by atoms with Crippen molar-refractivity contribution in [2.24, 2.45) is 0 Å². The summed E-state index contributed by atoms with van der Waals surface area (Å²) in [6.45, 7) is 4.69. The number of allylic oxidation sites excluding steroid dienone is 2. The van der Waals surface area contributed by atoms with Crippen molar-refractivity contribution in [3.8, 4) is 0 Å². The topological polar surface area (TPSA) is 108 Å².